The summed E-state index contributed by atoms with van der Waals surface area (Å²) >= 11 is 0. The summed E-state index contributed by atoms with van der Waals surface area (Å²) in [5, 5.41) is 2.81. The molecule has 0 aliphatic carbocycles. The van der Waals surface area contributed by atoms with Gasteiger partial charge in [-0.05, 0) is 43.3 Å². The molecule has 1 aliphatic heterocycles. The molecule has 0 unspecified atom stereocenters. The van der Waals surface area contributed by atoms with Crippen LogP contribution in [-0.2, 0) is 4.79 Å². The van der Waals surface area contributed by atoms with Crippen LogP contribution in [0.25, 0.3) is 0 Å². The standard InChI is InChI=1S/C25H22FN3O3/c1-16-7-9-17(10-8-16)23-22(27-24(30)18-11-13-20(26)14-12-18)25(31)28-29(23)15-19-5-3-4-6-21(19)32-2/h3-15,22-23H,1-2H3,(H-,27,28,30,31)/p+1/b29-15-/t22-,23+/m1/s1. The smallest absolute Gasteiger partial charge is 0.304 e. The normalized spacial score (nSPS) is 19.0. The van der Waals surface area contributed by atoms with E-state index in [1.165, 1.54) is 24.3 Å². The van der Waals surface area contributed by atoms with Crippen molar-refractivity contribution in [3.63, 3.8) is 0 Å². The lowest BCUT2D eigenvalue weighted by Gasteiger charge is -2.15. The maximum absolute atomic E-state index is 13.2. The Morgan fingerprint density at radius 2 is 1.75 bits per heavy atom. The number of para-hydroxylation sites is 1. The second-order valence-corrected chi connectivity index (χ2v) is 7.57. The fraction of sp³-hybridized carbons (Fsp3) is 0.160. The van der Waals surface area contributed by atoms with Crippen LogP contribution in [0.2, 0.25) is 0 Å². The molecule has 32 heavy (non-hydrogen) atoms. The number of amides is 2. The third-order valence-corrected chi connectivity index (χ3v) is 5.37. The first-order valence-electron chi connectivity index (χ1n) is 10.2. The van der Waals surface area contributed by atoms with Crippen molar-refractivity contribution >= 4 is 18.0 Å². The molecule has 6 nitrogen and oxygen atoms in total. The van der Waals surface area contributed by atoms with Gasteiger partial charge in [-0.1, -0.05) is 42.0 Å². The van der Waals surface area contributed by atoms with Crippen molar-refractivity contribution < 1.29 is 23.4 Å². The van der Waals surface area contributed by atoms with Gasteiger partial charge >= 0.3 is 5.91 Å². The van der Waals surface area contributed by atoms with Gasteiger partial charge in [0, 0.05) is 11.1 Å². The lowest BCUT2D eigenvalue weighted by atomic mass is 9.98. The zero-order valence-electron chi connectivity index (χ0n) is 17.7. The molecule has 0 aromatic heterocycles. The first kappa shape index (κ1) is 21.2. The Morgan fingerprint density at radius 3 is 2.44 bits per heavy atom. The minimum Gasteiger partial charge on any atom is -0.496 e. The van der Waals surface area contributed by atoms with Crippen LogP contribution in [0.1, 0.15) is 33.1 Å². The average Bonchev–Trinajstić information content (AvgIpc) is 3.09. The predicted octanol–water partition coefficient (Wildman–Crippen LogP) is 3.16. The number of nitrogens with one attached hydrogen (secondary N) is 2. The maximum Gasteiger partial charge on any atom is 0.304 e. The molecule has 1 aliphatic rings. The molecule has 7 heteroatoms. The predicted molar refractivity (Wildman–Crippen MR) is 118 cm³/mol. The highest BCUT2D eigenvalue weighted by molar-refractivity contribution is 5.98. The number of hydrogen-bond donors (Lipinski definition) is 2. The summed E-state index contributed by atoms with van der Waals surface area (Å²) in [5.74, 6) is -0.586. The minimum absolute atomic E-state index is 0.272. The van der Waals surface area contributed by atoms with Crippen molar-refractivity contribution in [2.75, 3.05) is 7.11 Å². The van der Waals surface area contributed by atoms with Crippen molar-refractivity contribution in [3.8, 4) is 5.75 Å². The molecule has 0 radical (unpaired) electrons. The van der Waals surface area contributed by atoms with E-state index in [0.29, 0.717) is 5.75 Å². The molecule has 162 valence electrons. The Morgan fingerprint density at radius 1 is 1.06 bits per heavy atom. The van der Waals surface area contributed by atoms with Crippen molar-refractivity contribution in [2.24, 2.45) is 0 Å². The van der Waals surface area contributed by atoms with E-state index in [1.807, 2.05) is 55.5 Å². The fourth-order valence-electron chi connectivity index (χ4n) is 3.69. The third kappa shape index (κ3) is 4.37. The number of halogens is 1. The van der Waals surface area contributed by atoms with Gasteiger partial charge in [0.2, 0.25) is 12.3 Å². The maximum atomic E-state index is 13.2. The highest BCUT2D eigenvalue weighted by atomic mass is 19.1. The molecule has 0 saturated carbocycles. The Kier molecular flexibility index (Phi) is 5.98. The number of aryl methyl sites for hydroxylation is 1. The van der Waals surface area contributed by atoms with Crippen molar-refractivity contribution in [3.05, 3.63) is 101 Å². The lowest BCUT2D eigenvalue weighted by Crippen LogP contribution is -2.42. The molecular weight excluding hydrogens is 409 g/mol. The Balaban J connectivity index is 1.72. The Bertz CT molecular complexity index is 1170. The summed E-state index contributed by atoms with van der Waals surface area (Å²) in [5.41, 5.74) is 5.82. The number of ether oxygens (including phenoxy) is 1. The number of carbonyl (C=O) groups excluding carboxylic acids is 2. The molecule has 4 rings (SSSR count). The molecule has 2 amide bonds. The topological polar surface area (TPSA) is 70.4 Å². The number of rotatable bonds is 5. The van der Waals surface area contributed by atoms with Crippen molar-refractivity contribution in [1.82, 2.24) is 10.7 Å². The summed E-state index contributed by atoms with van der Waals surface area (Å²) in [6.07, 6.45) is 1.78. The highest BCUT2D eigenvalue weighted by Crippen LogP contribution is 2.27. The molecule has 1 fully saturated rings. The Labute approximate surface area is 185 Å². The monoisotopic (exact) mass is 432 g/mol. The van der Waals surface area contributed by atoms with Crippen LogP contribution in [0, 0.1) is 12.7 Å². The van der Waals surface area contributed by atoms with E-state index >= 15 is 0 Å². The second kappa shape index (κ2) is 9.01. The number of hydrogen-bond acceptors (Lipinski definition) is 3. The zero-order valence-corrected chi connectivity index (χ0v) is 17.7. The van der Waals surface area contributed by atoms with Crippen molar-refractivity contribution in [2.45, 2.75) is 19.0 Å². The summed E-state index contributed by atoms with van der Waals surface area (Å²) in [6.45, 7) is 1.98. The van der Waals surface area contributed by atoms with Gasteiger partial charge < -0.3 is 10.1 Å². The van der Waals surface area contributed by atoms with Gasteiger partial charge in [-0.15, -0.1) is 10.1 Å². The second-order valence-electron chi connectivity index (χ2n) is 7.57. The van der Waals surface area contributed by atoms with E-state index in [4.69, 9.17) is 4.74 Å². The SMILES string of the molecule is COc1ccccc1/C=[N+]1\NC(=O)[C@H](NC(=O)c2ccc(F)cc2)[C@@H]1c1ccc(C)cc1. The molecule has 0 spiro atoms. The zero-order chi connectivity index (χ0) is 22.7. The lowest BCUT2D eigenvalue weighted by molar-refractivity contribution is -0.596. The van der Waals surface area contributed by atoms with Gasteiger partial charge in [0.15, 0.2) is 6.04 Å². The van der Waals surface area contributed by atoms with Crippen LogP contribution in [-0.4, -0.2) is 35.9 Å². The first-order valence-corrected chi connectivity index (χ1v) is 10.2. The number of benzene rings is 3. The van der Waals surface area contributed by atoms with Gasteiger partial charge in [0.05, 0.1) is 12.7 Å². The minimum atomic E-state index is -0.860. The molecule has 2 atom stereocenters. The van der Waals surface area contributed by atoms with E-state index in [0.717, 1.165) is 16.7 Å². The van der Waals surface area contributed by atoms with Crippen LogP contribution in [0.3, 0.4) is 0 Å². The first-order chi connectivity index (χ1) is 15.5. The van der Waals surface area contributed by atoms with Gasteiger partial charge in [0.1, 0.15) is 11.6 Å². The van der Waals surface area contributed by atoms with Crippen LogP contribution in [0.15, 0.2) is 72.8 Å². The van der Waals surface area contributed by atoms with Gasteiger partial charge in [-0.2, -0.15) is 0 Å². The van der Waals surface area contributed by atoms with E-state index in [2.05, 4.69) is 10.7 Å². The van der Waals surface area contributed by atoms with Gasteiger partial charge in [-0.25, -0.2) is 4.39 Å². The molecular formula is C25H23FN3O3+. The number of hydrazone groups is 1. The number of hydrazine groups is 1. The molecule has 3 aromatic carbocycles. The summed E-state index contributed by atoms with van der Waals surface area (Å²) in [7, 11) is 1.58. The molecule has 0 bridgehead atoms. The number of methoxy groups -OCH3 is 1. The number of nitrogens with zero attached hydrogens (tertiary/aromatic N) is 1. The fourth-order valence-corrected chi connectivity index (χ4v) is 3.69. The van der Waals surface area contributed by atoms with Crippen LogP contribution < -0.4 is 15.5 Å². The quantitative estimate of drug-likeness (QED) is 0.609. The summed E-state index contributed by atoms with van der Waals surface area (Å²) in [6, 6.07) is 19.1. The third-order valence-electron chi connectivity index (χ3n) is 5.37. The van der Waals surface area contributed by atoms with Crippen LogP contribution >= 0.6 is 0 Å². The largest absolute Gasteiger partial charge is 0.496 e. The van der Waals surface area contributed by atoms with Gasteiger partial charge in [0.25, 0.3) is 5.91 Å². The van der Waals surface area contributed by atoms with Gasteiger partial charge in [-0.3, -0.25) is 9.59 Å². The van der Waals surface area contributed by atoms with E-state index in [-0.39, 0.29) is 11.5 Å². The summed E-state index contributed by atoms with van der Waals surface area (Å²) < 4.78 is 20.3. The van der Waals surface area contributed by atoms with E-state index in [9.17, 15) is 14.0 Å². The van der Waals surface area contributed by atoms with E-state index < -0.39 is 23.8 Å². The molecule has 3 aromatic rings. The molecule has 2 N–H and O–H groups in total. The molecule has 1 heterocycles. The highest BCUT2D eigenvalue weighted by Gasteiger charge is 2.47. The average molecular weight is 432 g/mol. The Hall–Kier alpha value is -4.00. The summed E-state index contributed by atoms with van der Waals surface area (Å²) in [4.78, 5) is 25.7. The number of carbonyl (C=O) groups is 2. The van der Waals surface area contributed by atoms with Crippen LogP contribution in [0.4, 0.5) is 4.39 Å². The van der Waals surface area contributed by atoms with Crippen LogP contribution in [0.5, 0.6) is 5.75 Å². The van der Waals surface area contributed by atoms with Crippen molar-refractivity contribution in [1.29, 1.82) is 0 Å². The molecule has 1 saturated heterocycles. The van der Waals surface area contributed by atoms with E-state index in [1.54, 1.807) is 18.0 Å².